The number of methoxy groups -OCH3 is 2. The minimum absolute atomic E-state index is 0.0503. The van der Waals surface area contributed by atoms with Gasteiger partial charge in [0.05, 0.1) is 24.9 Å². The first kappa shape index (κ1) is 18.7. The molecule has 0 bridgehead atoms. The van der Waals surface area contributed by atoms with Crippen LogP contribution in [0.1, 0.15) is 10.5 Å². The maximum absolute atomic E-state index is 14.9. The fourth-order valence-corrected chi connectivity index (χ4v) is 2.64. The number of halogens is 3. The van der Waals surface area contributed by atoms with E-state index in [-0.39, 0.29) is 27.7 Å². The summed E-state index contributed by atoms with van der Waals surface area (Å²) in [6.45, 7) is 0. The summed E-state index contributed by atoms with van der Waals surface area (Å²) in [4.78, 5) is 17.2. The van der Waals surface area contributed by atoms with Crippen molar-refractivity contribution in [2.75, 3.05) is 38.9 Å². The average molecular weight is 372 g/mol. The van der Waals surface area contributed by atoms with Crippen molar-refractivity contribution in [3.63, 3.8) is 0 Å². The number of nitrogen functional groups attached to an aromatic ring is 1. The molecule has 0 saturated carbocycles. The molecule has 9 heteroatoms. The van der Waals surface area contributed by atoms with Gasteiger partial charge >= 0.3 is 5.97 Å². The van der Waals surface area contributed by atoms with Crippen molar-refractivity contribution in [2.45, 2.75) is 0 Å². The van der Waals surface area contributed by atoms with Crippen molar-refractivity contribution in [1.29, 1.82) is 0 Å². The van der Waals surface area contributed by atoms with E-state index in [9.17, 15) is 13.6 Å². The monoisotopic (exact) mass is 371 g/mol. The Balaban J connectivity index is 2.83. The van der Waals surface area contributed by atoms with Gasteiger partial charge in [-0.15, -0.1) is 0 Å². The summed E-state index contributed by atoms with van der Waals surface area (Å²) in [5, 5.41) is 0.140. The second kappa shape index (κ2) is 7.10. The molecule has 1 aromatic heterocycles. The number of aromatic nitrogens is 1. The molecule has 0 radical (unpaired) electrons. The summed E-state index contributed by atoms with van der Waals surface area (Å²) in [7, 11) is 5.49. The highest BCUT2D eigenvalue weighted by molar-refractivity contribution is 6.33. The van der Waals surface area contributed by atoms with Crippen molar-refractivity contribution in [1.82, 2.24) is 4.98 Å². The predicted octanol–water partition coefficient (Wildman–Crippen LogP) is 3.12. The first-order chi connectivity index (χ1) is 11.7. The third-order valence-corrected chi connectivity index (χ3v) is 3.78. The van der Waals surface area contributed by atoms with Crippen LogP contribution in [-0.4, -0.2) is 39.3 Å². The Kier molecular flexibility index (Phi) is 5.32. The van der Waals surface area contributed by atoms with E-state index in [1.54, 1.807) is 14.1 Å². The molecule has 6 nitrogen and oxygen atoms in total. The Morgan fingerprint density at radius 3 is 2.40 bits per heavy atom. The lowest BCUT2D eigenvalue weighted by molar-refractivity contribution is 0.0590. The van der Waals surface area contributed by atoms with Gasteiger partial charge in [-0.2, -0.15) is 0 Å². The van der Waals surface area contributed by atoms with Crippen molar-refractivity contribution in [2.24, 2.45) is 0 Å². The number of nitrogens with zero attached hydrogens (tertiary/aromatic N) is 2. The number of esters is 1. The standard InChI is InChI=1S/C16H16ClF2N3O3/c1-22(2)14-8(17)6-5-7(9(14)18)12-10(19)11(20)15(24-3)13(21-12)16(23)25-4/h5-6H,1-4H3,(H2,20,21). The molecule has 1 heterocycles. The van der Waals surface area contributed by atoms with Crippen LogP contribution in [0.5, 0.6) is 5.75 Å². The topological polar surface area (TPSA) is 77.7 Å². The van der Waals surface area contributed by atoms with E-state index in [2.05, 4.69) is 9.72 Å². The number of carbonyl (C=O) groups excluding carboxylic acids is 1. The van der Waals surface area contributed by atoms with Crippen molar-refractivity contribution in [3.8, 4) is 17.0 Å². The highest BCUT2D eigenvalue weighted by Gasteiger charge is 2.27. The molecule has 0 aliphatic rings. The summed E-state index contributed by atoms with van der Waals surface area (Å²) >= 11 is 5.99. The first-order valence-electron chi connectivity index (χ1n) is 7.01. The summed E-state index contributed by atoms with van der Waals surface area (Å²) < 4.78 is 39.0. The Morgan fingerprint density at radius 2 is 1.88 bits per heavy atom. The molecule has 2 N–H and O–H groups in total. The zero-order valence-corrected chi connectivity index (χ0v) is 14.7. The van der Waals surface area contributed by atoms with Gasteiger partial charge in [-0.1, -0.05) is 11.6 Å². The molecule has 2 rings (SSSR count). The quantitative estimate of drug-likeness (QED) is 0.832. The van der Waals surface area contributed by atoms with E-state index in [1.807, 2.05) is 0 Å². The third-order valence-electron chi connectivity index (χ3n) is 3.48. The van der Waals surface area contributed by atoms with Crippen LogP contribution in [0.3, 0.4) is 0 Å². The van der Waals surface area contributed by atoms with Gasteiger partial charge in [-0.25, -0.2) is 18.6 Å². The van der Waals surface area contributed by atoms with Crippen LogP contribution in [0.4, 0.5) is 20.2 Å². The van der Waals surface area contributed by atoms with Crippen LogP contribution >= 0.6 is 11.6 Å². The van der Waals surface area contributed by atoms with Crippen LogP contribution in [0.25, 0.3) is 11.3 Å². The normalized spacial score (nSPS) is 10.5. The average Bonchev–Trinajstić information content (AvgIpc) is 2.56. The van der Waals surface area contributed by atoms with Gasteiger partial charge in [0, 0.05) is 19.7 Å². The maximum Gasteiger partial charge on any atom is 0.360 e. The molecular formula is C16H16ClF2N3O3. The second-order valence-corrected chi connectivity index (χ2v) is 5.62. The molecule has 0 spiro atoms. The van der Waals surface area contributed by atoms with Gasteiger partial charge in [-0.3, -0.25) is 0 Å². The SMILES string of the molecule is COC(=O)c1nc(-c2ccc(Cl)c(N(C)C)c2F)c(F)c(N)c1OC. The summed E-state index contributed by atoms with van der Waals surface area (Å²) in [6, 6.07) is 2.65. The zero-order valence-electron chi connectivity index (χ0n) is 14.0. The number of anilines is 2. The number of ether oxygens (including phenoxy) is 2. The number of hydrogen-bond acceptors (Lipinski definition) is 6. The molecule has 0 unspecified atom stereocenters. The summed E-state index contributed by atoms with van der Waals surface area (Å²) in [5.74, 6) is -3.00. The minimum atomic E-state index is -1.02. The van der Waals surface area contributed by atoms with E-state index in [1.165, 1.54) is 24.1 Å². The van der Waals surface area contributed by atoms with Gasteiger partial charge in [0.2, 0.25) is 0 Å². The molecule has 134 valence electrons. The lowest BCUT2D eigenvalue weighted by Crippen LogP contribution is -2.14. The number of rotatable bonds is 4. The number of benzene rings is 1. The molecule has 0 amide bonds. The second-order valence-electron chi connectivity index (χ2n) is 5.21. The number of hydrogen-bond donors (Lipinski definition) is 1. The summed E-state index contributed by atoms with van der Waals surface area (Å²) in [5.41, 5.74) is 4.25. The Bertz CT molecular complexity index is 844. The lowest BCUT2D eigenvalue weighted by Gasteiger charge is -2.18. The molecule has 0 atom stereocenters. The largest absolute Gasteiger partial charge is 0.492 e. The predicted molar refractivity (Wildman–Crippen MR) is 91.2 cm³/mol. The molecule has 25 heavy (non-hydrogen) atoms. The third kappa shape index (κ3) is 3.17. The number of carbonyl (C=O) groups is 1. The van der Waals surface area contributed by atoms with Gasteiger partial charge < -0.3 is 20.1 Å². The van der Waals surface area contributed by atoms with E-state index in [0.717, 1.165) is 7.11 Å². The Hall–Kier alpha value is -2.61. The van der Waals surface area contributed by atoms with Gasteiger partial charge in [0.25, 0.3) is 0 Å². The van der Waals surface area contributed by atoms with E-state index in [4.69, 9.17) is 22.1 Å². The van der Waals surface area contributed by atoms with Gasteiger partial charge in [0.15, 0.2) is 23.1 Å². The molecule has 0 fully saturated rings. The van der Waals surface area contributed by atoms with Crippen molar-refractivity contribution in [3.05, 3.63) is 34.5 Å². The fourth-order valence-electron chi connectivity index (χ4n) is 2.32. The van der Waals surface area contributed by atoms with E-state index < -0.39 is 29.0 Å². The zero-order chi connectivity index (χ0) is 18.9. The van der Waals surface area contributed by atoms with Crippen molar-refractivity contribution >= 4 is 28.9 Å². The highest BCUT2D eigenvalue weighted by atomic mass is 35.5. The molecule has 1 aromatic carbocycles. The number of pyridine rings is 1. The van der Waals surface area contributed by atoms with Crippen LogP contribution < -0.4 is 15.4 Å². The Labute approximate surface area is 148 Å². The number of nitrogens with two attached hydrogens (primary N) is 1. The molecular weight excluding hydrogens is 356 g/mol. The van der Waals surface area contributed by atoms with Gasteiger partial charge in [0.1, 0.15) is 11.4 Å². The molecule has 2 aromatic rings. The summed E-state index contributed by atoms with van der Waals surface area (Å²) in [6.07, 6.45) is 0. The van der Waals surface area contributed by atoms with Crippen molar-refractivity contribution < 1.29 is 23.0 Å². The molecule has 0 saturated heterocycles. The smallest absolute Gasteiger partial charge is 0.360 e. The lowest BCUT2D eigenvalue weighted by atomic mass is 10.1. The minimum Gasteiger partial charge on any atom is -0.492 e. The fraction of sp³-hybridized carbons (Fsp3) is 0.250. The van der Waals surface area contributed by atoms with E-state index in [0.29, 0.717) is 0 Å². The van der Waals surface area contributed by atoms with Crippen LogP contribution in [0.15, 0.2) is 12.1 Å². The van der Waals surface area contributed by atoms with Crippen LogP contribution in [0, 0.1) is 11.6 Å². The Morgan fingerprint density at radius 1 is 1.24 bits per heavy atom. The first-order valence-corrected chi connectivity index (χ1v) is 7.39. The van der Waals surface area contributed by atoms with E-state index >= 15 is 0 Å². The van der Waals surface area contributed by atoms with Crippen LogP contribution in [-0.2, 0) is 4.74 Å². The van der Waals surface area contributed by atoms with Gasteiger partial charge in [-0.05, 0) is 12.1 Å². The highest BCUT2D eigenvalue weighted by Crippen LogP contribution is 2.39. The molecule has 0 aliphatic heterocycles. The maximum atomic E-state index is 14.9. The molecule has 0 aliphatic carbocycles. The van der Waals surface area contributed by atoms with Crippen LogP contribution in [0.2, 0.25) is 5.02 Å².